The molecule has 0 bridgehead atoms. The largest absolute Gasteiger partial charge is 0.382 e. The van der Waals surface area contributed by atoms with E-state index in [2.05, 4.69) is 69.1 Å². The third-order valence-corrected chi connectivity index (χ3v) is 5.25. The van der Waals surface area contributed by atoms with Crippen molar-refractivity contribution in [3.63, 3.8) is 0 Å². The number of guanidine groups is 1. The van der Waals surface area contributed by atoms with Crippen LogP contribution >= 0.6 is 24.0 Å². The summed E-state index contributed by atoms with van der Waals surface area (Å²) in [7, 11) is 3.47. The molecule has 2 aromatic rings. The predicted octanol–water partition coefficient (Wildman–Crippen LogP) is 3.59. The van der Waals surface area contributed by atoms with E-state index in [-0.39, 0.29) is 24.0 Å². The summed E-state index contributed by atoms with van der Waals surface area (Å²) in [6, 6.07) is 17.6. The van der Waals surface area contributed by atoms with Crippen LogP contribution < -0.4 is 15.5 Å². The van der Waals surface area contributed by atoms with E-state index in [1.54, 1.807) is 14.2 Å². The highest BCUT2D eigenvalue weighted by Gasteiger charge is 2.18. The number of nitrogens with zero attached hydrogens (tertiary/aromatic N) is 2. The topological polar surface area (TPSA) is 58.1 Å². The monoisotopic (exact) mass is 538 g/mol. The summed E-state index contributed by atoms with van der Waals surface area (Å²) >= 11 is 0. The van der Waals surface area contributed by atoms with Gasteiger partial charge in [-0.1, -0.05) is 42.5 Å². The fourth-order valence-electron chi connectivity index (χ4n) is 3.59. The van der Waals surface area contributed by atoms with Crippen LogP contribution in [0.3, 0.4) is 0 Å². The highest BCUT2D eigenvalue weighted by molar-refractivity contribution is 14.0. The number of fused-ring (bicyclic) bond motifs is 1. The highest BCUT2D eigenvalue weighted by atomic mass is 127. The molecule has 0 saturated heterocycles. The third-order valence-electron chi connectivity index (χ3n) is 5.25. The van der Waals surface area contributed by atoms with Crippen molar-refractivity contribution in [2.45, 2.75) is 25.9 Å². The van der Waals surface area contributed by atoms with Crippen LogP contribution in [0.5, 0.6) is 0 Å². The third kappa shape index (κ3) is 8.31. The molecule has 0 atom stereocenters. The van der Waals surface area contributed by atoms with E-state index < -0.39 is 0 Å². The van der Waals surface area contributed by atoms with Crippen LogP contribution in [0.25, 0.3) is 0 Å². The molecular formula is C24H35IN4O2. The number of halogens is 1. The van der Waals surface area contributed by atoms with Crippen LogP contribution in [-0.2, 0) is 29.0 Å². The Morgan fingerprint density at radius 2 is 1.77 bits per heavy atom. The van der Waals surface area contributed by atoms with Crippen molar-refractivity contribution in [2.24, 2.45) is 4.99 Å². The minimum atomic E-state index is 0. The Balaban J connectivity index is 0.00000341. The molecular weight excluding hydrogens is 503 g/mol. The Bertz CT molecular complexity index is 798. The van der Waals surface area contributed by atoms with E-state index in [9.17, 15) is 0 Å². The average Bonchev–Trinajstić information content (AvgIpc) is 3.19. The lowest BCUT2D eigenvalue weighted by molar-refractivity contribution is 0.0698. The zero-order valence-electron chi connectivity index (χ0n) is 18.6. The summed E-state index contributed by atoms with van der Waals surface area (Å²) in [6.07, 6.45) is 2.07. The molecule has 0 unspecified atom stereocenters. The maximum absolute atomic E-state index is 5.47. The number of para-hydroxylation sites is 1. The second-order valence-corrected chi connectivity index (χ2v) is 7.43. The Morgan fingerprint density at radius 1 is 1.00 bits per heavy atom. The van der Waals surface area contributed by atoms with Crippen molar-refractivity contribution >= 4 is 35.6 Å². The predicted molar refractivity (Wildman–Crippen MR) is 139 cm³/mol. The minimum Gasteiger partial charge on any atom is -0.382 e. The Kier molecular flexibility index (Phi) is 11.7. The molecule has 0 fully saturated rings. The first-order valence-electron chi connectivity index (χ1n) is 10.7. The molecule has 0 amide bonds. The molecule has 0 aliphatic carbocycles. The summed E-state index contributed by atoms with van der Waals surface area (Å²) < 4.78 is 10.4. The minimum absolute atomic E-state index is 0. The number of benzene rings is 2. The summed E-state index contributed by atoms with van der Waals surface area (Å²) in [4.78, 5) is 6.75. The van der Waals surface area contributed by atoms with E-state index in [0.29, 0.717) is 13.2 Å². The Hall–Kier alpha value is -1.84. The fraction of sp³-hybridized carbons (Fsp3) is 0.458. The standard InChI is InChI=1S/C24H34N4O2.HI/c1-25-24(26-13-5-15-30-17-16-29-2)27-18-20-8-10-21(11-9-20)19-28-14-12-22-6-3-4-7-23(22)28;/h3-4,6-11H,5,12-19H2,1-2H3,(H2,25,26,27);1H. The van der Waals surface area contributed by atoms with Gasteiger partial charge in [0.15, 0.2) is 5.96 Å². The van der Waals surface area contributed by atoms with Crippen molar-refractivity contribution in [2.75, 3.05) is 52.0 Å². The molecule has 2 aromatic carbocycles. The van der Waals surface area contributed by atoms with E-state index in [0.717, 1.165) is 51.6 Å². The molecule has 170 valence electrons. The lowest BCUT2D eigenvalue weighted by Crippen LogP contribution is -2.37. The molecule has 7 heteroatoms. The van der Waals surface area contributed by atoms with Gasteiger partial charge in [0.1, 0.15) is 0 Å². The summed E-state index contributed by atoms with van der Waals surface area (Å²) in [5, 5.41) is 6.69. The number of aliphatic imine (C=N–C) groups is 1. The summed E-state index contributed by atoms with van der Waals surface area (Å²) in [5.74, 6) is 0.810. The molecule has 3 rings (SSSR count). The van der Waals surface area contributed by atoms with E-state index in [4.69, 9.17) is 9.47 Å². The van der Waals surface area contributed by atoms with Gasteiger partial charge in [0.25, 0.3) is 0 Å². The first kappa shape index (κ1) is 25.4. The van der Waals surface area contributed by atoms with Gasteiger partial charge in [0.05, 0.1) is 13.2 Å². The van der Waals surface area contributed by atoms with E-state index in [1.807, 2.05) is 0 Å². The van der Waals surface area contributed by atoms with Crippen LogP contribution in [0.4, 0.5) is 5.69 Å². The van der Waals surface area contributed by atoms with Gasteiger partial charge in [-0.25, -0.2) is 0 Å². The maximum atomic E-state index is 5.47. The molecule has 31 heavy (non-hydrogen) atoms. The first-order valence-corrected chi connectivity index (χ1v) is 10.7. The molecule has 6 nitrogen and oxygen atoms in total. The first-order chi connectivity index (χ1) is 14.8. The zero-order valence-corrected chi connectivity index (χ0v) is 20.9. The molecule has 1 aliphatic heterocycles. The van der Waals surface area contributed by atoms with Gasteiger partial charge in [-0.05, 0) is 35.6 Å². The highest BCUT2D eigenvalue weighted by Crippen LogP contribution is 2.28. The molecule has 0 radical (unpaired) electrons. The number of hydrogen-bond donors (Lipinski definition) is 2. The second kappa shape index (κ2) is 14.3. The van der Waals surface area contributed by atoms with Crippen molar-refractivity contribution in [3.8, 4) is 0 Å². The fourth-order valence-corrected chi connectivity index (χ4v) is 3.59. The smallest absolute Gasteiger partial charge is 0.191 e. The molecule has 0 saturated carbocycles. The van der Waals surface area contributed by atoms with Crippen molar-refractivity contribution in [1.29, 1.82) is 0 Å². The van der Waals surface area contributed by atoms with Gasteiger partial charge in [-0.2, -0.15) is 0 Å². The van der Waals surface area contributed by atoms with Gasteiger partial charge >= 0.3 is 0 Å². The summed E-state index contributed by atoms with van der Waals surface area (Å²) in [5.41, 5.74) is 5.42. The number of methoxy groups -OCH3 is 1. The molecule has 1 aliphatic rings. The Labute approximate surface area is 203 Å². The second-order valence-electron chi connectivity index (χ2n) is 7.43. The van der Waals surface area contributed by atoms with Gasteiger partial charge in [-0.15, -0.1) is 24.0 Å². The molecule has 0 aromatic heterocycles. The van der Waals surface area contributed by atoms with Gasteiger partial charge in [0.2, 0.25) is 0 Å². The van der Waals surface area contributed by atoms with Crippen molar-refractivity contribution < 1.29 is 9.47 Å². The molecule has 0 spiro atoms. The summed E-state index contributed by atoms with van der Waals surface area (Å²) in [6.45, 7) is 5.63. The van der Waals surface area contributed by atoms with Crippen molar-refractivity contribution in [3.05, 3.63) is 65.2 Å². The number of anilines is 1. The van der Waals surface area contributed by atoms with Crippen LogP contribution in [0.1, 0.15) is 23.1 Å². The number of ether oxygens (including phenoxy) is 2. The normalized spacial score (nSPS) is 13.0. The van der Waals surface area contributed by atoms with E-state index in [1.165, 1.54) is 22.4 Å². The van der Waals surface area contributed by atoms with Crippen LogP contribution in [0.2, 0.25) is 0 Å². The van der Waals surface area contributed by atoms with Crippen LogP contribution in [0.15, 0.2) is 53.5 Å². The van der Waals surface area contributed by atoms with E-state index >= 15 is 0 Å². The lowest BCUT2D eigenvalue weighted by Gasteiger charge is -2.19. The lowest BCUT2D eigenvalue weighted by atomic mass is 10.1. The number of nitrogens with one attached hydrogen (secondary N) is 2. The zero-order chi connectivity index (χ0) is 21.0. The van der Waals surface area contributed by atoms with Crippen LogP contribution in [-0.4, -0.2) is 53.0 Å². The average molecular weight is 538 g/mol. The van der Waals surface area contributed by atoms with Crippen molar-refractivity contribution in [1.82, 2.24) is 10.6 Å². The maximum Gasteiger partial charge on any atom is 0.191 e. The quantitative estimate of drug-likeness (QED) is 0.198. The van der Waals surface area contributed by atoms with Gasteiger partial charge in [0, 0.05) is 52.6 Å². The molecule has 2 N–H and O–H groups in total. The Morgan fingerprint density at radius 3 is 2.55 bits per heavy atom. The van der Waals surface area contributed by atoms with Crippen LogP contribution in [0, 0.1) is 0 Å². The van der Waals surface area contributed by atoms with Gasteiger partial charge in [-0.3, -0.25) is 4.99 Å². The van der Waals surface area contributed by atoms with Gasteiger partial charge < -0.3 is 25.0 Å². The number of rotatable bonds is 11. The number of hydrogen-bond acceptors (Lipinski definition) is 4. The molecule has 1 heterocycles. The SMILES string of the molecule is CN=C(NCCCOCCOC)NCc1ccc(CN2CCc3ccccc32)cc1.I.